The second-order valence-corrected chi connectivity index (χ2v) is 25.5. The summed E-state index contributed by atoms with van der Waals surface area (Å²) in [5, 5.41) is 7.09. The standard InChI is InChI=1S/C81H58N2O2/c1-79(2)63-44-50(37-40-56(63)70-65(79)46-61(77-72(70)58-31-17-21-35-68(58)84-77)53-28-14-13-27-52(53)47-23-9-7-10-24-47)82(49-39-42-67-60(43-49)54-29-16-20-34-66(54)83(67)48-25-11-8-12-26-48)51-38-41-57-64(45-51)81(5,6)76-74(57)78-73(59-32-18-22-36-69(59)85-78)71-55-30-15-19-33-62(55)80(3,4)75(71)76/h7-46H,1-6H3. The van der Waals surface area contributed by atoms with Crippen molar-refractivity contribution >= 4 is 82.7 Å². The monoisotopic (exact) mass is 1090 g/mol. The van der Waals surface area contributed by atoms with E-state index in [2.05, 4.69) is 294 Å². The van der Waals surface area contributed by atoms with Gasteiger partial charge in [-0.05, 0) is 157 Å². The molecule has 0 N–H and O–H groups in total. The third kappa shape index (κ3) is 6.41. The van der Waals surface area contributed by atoms with Gasteiger partial charge in [-0.25, -0.2) is 0 Å². The molecule has 0 saturated heterocycles. The number of rotatable bonds is 6. The van der Waals surface area contributed by atoms with Crippen molar-refractivity contribution in [2.45, 2.75) is 57.8 Å². The van der Waals surface area contributed by atoms with Crippen molar-refractivity contribution in [2.75, 3.05) is 4.90 Å². The number of nitrogens with zero attached hydrogens (tertiary/aromatic N) is 2. The smallest absolute Gasteiger partial charge is 0.144 e. The van der Waals surface area contributed by atoms with Gasteiger partial charge in [-0.3, -0.25) is 0 Å². The second kappa shape index (κ2) is 17.0. The quantitative estimate of drug-likeness (QED) is 0.166. The van der Waals surface area contributed by atoms with Gasteiger partial charge in [0, 0.05) is 82.4 Å². The van der Waals surface area contributed by atoms with Gasteiger partial charge in [-0.15, -0.1) is 0 Å². The maximum Gasteiger partial charge on any atom is 0.144 e. The zero-order valence-corrected chi connectivity index (χ0v) is 48.3. The maximum atomic E-state index is 7.15. The Morgan fingerprint density at radius 3 is 1.53 bits per heavy atom. The fraction of sp³-hybridized carbons (Fsp3) is 0.111. The van der Waals surface area contributed by atoms with Crippen molar-refractivity contribution in [1.82, 2.24) is 4.57 Å². The third-order valence-electron chi connectivity index (χ3n) is 19.9. The van der Waals surface area contributed by atoms with E-state index in [1.54, 1.807) is 0 Å². The maximum absolute atomic E-state index is 7.15. The van der Waals surface area contributed by atoms with Crippen LogP contribution in [0.2, 0.25) is 0 Å². The topological polar surface area (TPSA) is 34.5 Å². The molecule has 0 fully saturated rings. The summed E-state index contributed by atoms with van der Waals surface area (Å²) in [5.74, 6) is 0. The number of furan rings is 2. The van der Waals surface area contributed by atoms with Crippen molar-refractivity contribution in [3.05, 3.63) is 276 Å². The van der Waals surface area contributed by atoms with Crippen LogP contribution in [0, 0.1) is 0 Å². The summed E-state index contributed by atoms with van der Waals surface area (Å²) in [6, 6.07) is 89.6. The van der Waals surface area contributed by atoms with E-state index >= 15 is 0 Å². The highest BCUT2D eigenvalue weighted by Crippen LogP contribution is 2.64. The van der Waals surface area contributed by atoms with Crippen LogP contribution < -0.4 is 4.90 Å². The summed E-state index contributed by atoms with van der Waals surface area (Å²) in [7, 11) is 0. The molecule has 3 aliphatic carbocycles. The van der Waals surface area contributed by atoms with E-state index in [1.165, 1.54) is 116 Å². The van der Waals surface area contributed by atoms with E-state index in [0.29, 0.717) is 0 Å². The Hall–Kier alpha value is -10.2. The Bertz CT molecular complexity index is 5390. The van der Waals surface area contributed by atoms with Gasteiger partial charge in [0.1, 0.15) is 22.3 Å². The molecule has 15 aromatic rings. The lowest BCUT2D eigenvalue weighted by Crippen LogP contribution is -2.24. The molecular formula is C81H58N2O2. The summed E-state index contributed by atoms with van der Waals surface area (Å²) < 4.78 is 16.6. The molecule has 0 unspecified atom stereocenters. The summed E-state index contributed by atoms with van der Waals surface area (Å²) in [4.78, 5) is 2.53. The molecule has 404 valence electrons. The predicted molar refractivity (Wildman–Crippen MR) is 354 cm³/mol. The lowest BCUT2D eigenvalue weighted by molar-refractivity contribution is 0.600. The first-order valence-electron chi connectivity index (χ1n) is 29.9. The van der Waals surface area contributed by atoms with Crippen molar-refractivity contribution in [2.24, 2.45) is 0 Å². The Labute approximate surface area is 493 Å². The van der Waals surface area contributed by atoms with E-state index in [9.17, 15) is 0 Å². The molecule has 12 aromatic carbocycles. The Kier molecular flexibility index (Phi) is 9.67. The minimum Gasteiger partial charge on any atom is -0.455 e. The van der Waals surface area contributed by atoms with Crippen LogP contribution in [0.25, 0.3) is 127 Å². The Morgan fingerprint density at radius 1 is 0.318 bits per heavy atom. The van der Waals surface area contributed by atoms with Gasteiger partial charge >= 0.3 is 0 Å². The number of hydrogen-bond acceptors (Lipinski definition) is 3. The highest BCUT2D eigenvalue weighted by atomic mass is 16.3. The number of fused-ring (bicyclic) bond motifs is 22. The predicted octanol–water partition coefficient (Wildman–Crippen LogP) is 22.3. The molecule has 0 aliphatic heterocycles. The highest BCUT2D eigenvalue weighted by molar-refractivity contribution is 6.22. The second-order valence-electron chi connectivity index (χ2n) is 25.5. The van der Waals surface area contributed by atoms with Crippen LogP contribution in [-0.2, 0) is 16.2 Å². The van der Waals surface area contributed by atoms with Gasteiger partial charge in [0.05, 0.1) is 11.0 Å². The van der Waals surface area contributed by atoms with Gasteiger partial charge in [-0.1, -0.05) is 205 Å². The lowest BCUT2D eigenvalue weighted by Gasteiger charge is -2.32. The summed E-state index contributed by atoms with van der Waals surface area (Å²) >= 11 is 0. The van der Waals surface area contributed by atoms with E-state index < -0.39 is 10.8 Å². The molecule has 0 atom stereocenters. The normalized spacial score (nSPS) is 14.8. The first kappa shape index (κ1) is 48.4. The minimum atomic E-state index is -0.396. The first-order chi connectivity index (χ1) is 41.5. The van der Waals surface area contributed by atoms with Crippen molar-refractivity contribution in [3.8, 4) is 61.3 Å². The molecule has 0 spiro atoms. The molecule has 3 aliphatic rings. The highest BCUT2D eigenvalue weighted by Gasteiger charge is 2.49. The SMILES string of the molecule is CC1(C)c2cc(N(c3ccc4c(c3)C(C)(C)c3c5c(c6c(oc7ccccc76)c3-4)-c3ccccc3C5(C)C)c3ccc4c(c3)c3ccccc3n4-c3ccccc3)ccc2-c2c1cc(-c1ccccc1-c1ccccc1)c1oc3ccccc3c21. The van der Waals surface area contributed by atoms with Crippen LogP contribution in [0.1, 0.15) is 74.9 Å². The average Bonchev–Trinajstić information content (AvgIpc) is 1.93. The fourth-order valence-corrected chi connectivity index (χ4v) is 16.1. The van der Waals surface area contributed by atoms with E-state index in [0.717, 1.165) is 61.6 Å². The van der Waals surface area contributed by atoms with Gasteiger partial charge in [0.2, 0.25) is 0 Å². The first-order valence-corrected chi connectivity index (χ1v) is 29.9. The number of aromatic nitrogens is 1. The van der Waals surface area contributed by atoms with E-state index in [4.69, 9.17) is 8.83 Å². The molecule has 0 saturated carbocycles. The van der Waals surface area contributed by atoms with Crippen LogP contribution in [0.15, 0.2) is 251 Å². The molecule has 3 heterocycles. The average molecular weight is 1090 g/mol. The molecule has 0 radical (unpaired) electrons. The summed E-state index contributed by atoms with van der Waals surface area (Å²) in [6.45, 7) is 14.6. The fourth-order valence-electron chi connectivity index (χ4n) is 16.1. The van der Waals surface area contributed by atoms with Crippen molar-refractivity contribution < 1.29 is 8.83 Å². The number of anilines is 3. The van der Waals surface area contributed by atoms with Crippen molar-refractivity contribution in [1.29, 1.82) is 0 Å². The number of hydrogen-bond donors (Lipinski definition) is 0. The van der Waals surface area contributed by atoms with Gasteiger partial charge < -0.3 is 18.3 Å². The van der Waals surface area contributed by atoms with Crippen molar-refractivity contribution in [3.63, 3.8) is 0 Å². The molecule has 3 aromatic heterocycles. The zero-order chi connectivity index (χ0) is 56.8. The van der Waals surface area contributed by atoms with Crippen LogP contribution >= 0.6 is 0 Å². The van der Waals surface area contributed by atoms with E-state index in [-0.39, 0.29) is 5.41 Å². The molecule has 0 bridgehead atoms. The summed E-state index contributed by atoms with van der Waals surface area (Å²) in [6.07, 6.45) is 0. The number of benzene rings is 12. The van der Waals surface area contributed by atoms with Gasteiger partial charge in [0.15, 0.2) is 0 Å². The van der Waals surface area contributed by atoms with Crippen LogP contribution in [0.4, 0.5) is 17.1 Å². The zero-order valence-electron chi connectivity index (χ0n) is 48.3. The Morgan fingerprint density at radius 2 is 0.812 bits per heavy atom. The molecular weight excluding hydrogens is 1030 g/mol. The van der Waals surface area contributed by atoms with Gasteiger partial charge in [-0.2, -0.15) is 0 Å². The molecule has 18 rings (SSSR count). The minimum absolute atomic E-state index is 0.250. The van der Waals surface area contributed by atoms with Gasteiger partial charge in [0.25, 0.3) is 0 Å². The summed E-state index contributed by atoms with van der Waals surface area (Å²) in [5.41, 5.74) is 29.6. The lowest BCUT2D eigenvalue weighted by atomic mass is 9.72. The molecule has 4 nitrogen and oxygen atoms in total. The molecule has 85 heavy (non-hydrogen) atoms. The van der Waals surface area contributed by atoms with Crippen LogP contribution in [0.3, 0.4) is 0 Å². The molecule has 4 heteroatoms. The largest absolute Gasteiger partial charge is 0.455 e. The molecule has 0 amide bonds. The third-order valence-corrected chi connectivity index (χ3v) is 19.9. The van der Waals surface area contributed by atoms with Crippen LogP contribution in [-0.4, -0.2) is 4.57 Å². The number of para-hydroxylation sites is 4. The van der Waals surface area contributed by atoms with Crippen LogP contribution in [0.5, 0.6) is 0 Å². The van der Waals surface area contributed by atoms with E-state index in [1.807, 2.05) is 0 Å². The Balaban J connectivity index is 0.876.